The lowest BCUT2D eigenvalue weighted by molar-refractivity contribution is 0.0874. The van der Waals surface area contributed by atoms with E-state index in [1.807, 2.05) is 0 Å². The Hall–Kier alpha value is -0.900. The molecule has 1 aliphatic heterocycles. The third-order valence-electron chi connectivity index (χ3n) is 4.14. The molecule has 1 N–H and O–H groups in total. The molecule has 0 aliphatic carbocycles. The molecule has 0 bridgehead atoms. The zero-order valence-electron chi connectivity index (χ0n) is 12.0. The Balaban J connectivity index is 1.92. The van der Waals surface area contributed by atoms with Gasteiger partial charge in [-0.1, -0.05) is 37.3 Å². The van der Waals surface area contributed by atoms with Gasteiger partial charge in [-0.05, 0) is 38.0 Å². The molecule has 3 nitrogen and oxygen atoms in total. The topological polar surface area (TPSA) is 26.7 Å². The van der Waals surface area contributed by atoms with Gasteiger partial charge in [0.15, 0.2) is 0 Å². The smallest absolute Gasteiger partial charge is 0.0558 e. The van der Waals surface area contributed by atoms with Crippen LogP contribution in [-0.4, -0.2) is 53.7 Å². The normalized spacial score (nSPS) is 18.1. The minimum absolute atomic E-state index is 0.251. The molecule has 0 radical (unpaired) electrons. The lowest BCUT2D eigenvalue weighted by Crippen LogP contribution is -2.45. The number of benzene rings is 1. The first-order valence-electron chi connectivity index (χ1n) is 7.44. The van der Waals surface area contributed by atoms with Crippen molar-refractivity contribution in [1.29, 1.82) is 0 Å². The Morgan fingerprint density at radius 1 is 1.21 bits per heavy atom. The van der Waals surface area contributed by atoms with Crippen LogP contribution in [-0.2, 0) is 6.54 Å². The molecule has 19 heavy (non-hydrogen) atoms. The zero-order valence-corrected chi connectivity index (χ0v) is 12.0. The van der Waals surface area contributed by atoms with Gasteiger partial charge in [-0.25, -0.2) is 0 Å². The predicted octanol–water partition coefficient (Wildman–Crippen LogP) is 1.97. The molecular weight excluding hydrogens is 236 g/mol. The number of piperidine rings is 1. The van der Waals surface area contributed by atoms with Crippen molar-refractivity contribution in [3.05, 3.63) is 35.9 Å². The highest BCUT2D eigenvalue weighted by Gasteiger charge is 2.23. The molecule has 1 fully saturated rings. The van der Waals surface area contributed by atoms with Gasteiger partial charge in [0, 0.05) is 19.1 Å². The zero-order chi connectivity index (χ0) is 13.5. The van der Waals surface area contributed by atoms with Gasteiger partial charge >= 0.3 is 0 Å². The van der Waals surface area contributed by atoms with E-state index >= 15 is 0 Å². The highest BCUT2D eigenvalue weighted by molar-refractivity contribution is 5.14. The molecule has 3 heteroatoms. The van der Waals surface area contributed by atoms with Gasteiger partial charge in [-0.15, -0.1) is 0 Å². The average molecular weight is 262 g/mol. The molecule has 0 unspecified atom stereocenters. The highest BCUT2D eigenvalue weighted by atomic mass is 16.3. The summed E-state index contributed by atoms with van der Waals surface area (Å²) in [5, 5.41) is 9.29. The van der Waals surface area contributed by atoms with Gasteiger partial charge in [0.05, 0.1) is 6.61 Å². The van der Waals surface area contributed by atoms with Crippen molar-refractivity contribution in [1.82, 2.24) is 9.80 Å². The molecule has 0 saturated carbocycles. The Morgan fingerprint density at radius 3 is 2.47 bits per heavy atom. The van der Waals surface area contributed by atoms with Crippen molar-refractivity contribution in [2.24, 2.45) is 0 Å². The minimum atomic E-state index is 0.251. The molecular formula is C16H26N2O. The SMILES string of the molecule is CCN1CCC(N(CCO)Cc2ccccc2)CC1. The van der Waals surface area contributed by atoms with Crippen molar-refractivity contribution in [3.8, 4) is 0 Å². The largest absolute Gasteiger partial charge is 0.395 e. The molecule has 106 valence electrons. The average Bonchev–Trinajstić information content (AvgIpc) is 2.48. The second-order valence-corrected chi connectivity index (χ2v) is 5.35. The number of aliphatic hydroxyl groups is 1. The van der Waals surface area contributed by atoms with E-state index in [0.717, 1.165) is 19.6 Å². The fraction of sp³-hybridized carbons (Fsp3) is 0.625. The number of nitrogens with zero attached hydrogens (tertiary/aromatic N) is 2. The maximum Gasteiger partial charge on any atom is 0.0558 e. The van der Waals surface area contributed by atoms with E-state index in [-0.39, 0.29) is 6.61 Å². The van der Waals surface area contributed by atoms with E-state index < -0.39 is 0 Å². The van der Waals surface area contributed by atoms with E-state index in [2.05, 4.69) is 47.1 Å². The maximum atomic E-state index is 9.29. The van der Waals surface area contributed by atoms with E-state index in [1.54, 1.807) is 0 Å². The van der Waals surface area contributed by atoms with Crippen LogP contribution in [0.15, 0.2) is 30.3 Å². The molecule has 1 aromatic carbocycles. The summed E-state index contributed by atoms with van der Waals surface area (Å²) in [5.74, 6) is 0. The van der Waals surface area contributed by atoms with Gasteiger partial charge in [0.1, 0.15) is 0 Å². The second-order valence-electron chi connectivity index (χ2n) is 5.35. The summed E-state index contributed by atoms with van der Waals surface area (Å²) in [6.07, 6.45) is 2.45. The third kappa shape index (κ3) is 4.30. The molecule has 1 aromatic rings. The Morgan fingerprint density at radius 2 is 1.89 bits per heavy atom. The van der Waals surface area contributed by atoms with Gasteiger partial charge in [-0.2, -0.15) is 0 Å². The lowest BCUT2D eigenvalue weighted by Gasteiger charge is -2.38. The van der Waals surface area contributed by atoms with Gasteiger partial charge in [-0.3, -0.25) is 4.90 Å². The lowest BCUT2D eigenvalue weighted by atomic mass is 10.0. The summed E-state index contributed by atoms with van der Waals surface area (Å²) >= 11 is 0. The third-order valence-corrected chi connectivity index (χ3v) is 4.14. The minimum Gasteiger partial charge on any atom is -0.395 e. The standard InChI is InChI=1S/C16H26N2O/c1-2-17-10-8-16(9-11-17)18(12-13-19)14-15-6-4-3-5-7-15/h3-7,16,19H,2,8-14H2,1H3. The molecule has 1 heterocycles. The second kappa shape index (κ2) is 7.63. The Bertz CT molecular complexity index is 347. The summed E-state index contributed by atoms with van der Waals surface area (Å²) in [6, 6.07) is 11.2. The van der Waals surface area contributed by atoms with Crippen molar-refractivity contribution in [2.75, 3.05) is 32.8 Å². The Labute approximate surface area is 116 Å². The van der Waals surface area contributed by atoms with Crippen LogP contribution >= 0.6 is 0 Å². The van der Waals surface area contributed by atoms with Crippen molar-refractivity contribution in [2.45, 2.75) is 32.4 Å². The van der Waals surface area contributed by atoms with E-state index in [0.29, 0.717) is 6.04 Å². The predicted molar refractivity (Wildman–Crippen MR) is 79.1 cm³/mol. The van der Waals surface area contributed by atoms with Crippen LogP contribution in [0.25, 0.3) is 0 Å². The van der Waals surface area contributed by atoms with Crippen LogP contribution in [0.1, 0.15) is 25.3 Å². The fourth-order valence-corrected chi connectivity index (χ4v) is 2.94. The maximum absolute atomic E-state index is 9.29. The molecule has 1 aliphatic rings. The van der Waals surface area contributed by atoms with Crippen molar-refractivity contribution >= 4 is 0 Å². The van der Waals surface area contributed by atoms with E-state index in [1.165, 1.54) is 31.5 Å². The molecule has 0 spiro atoms. The van der Waals surface area contributed by atoms with Crippen LogP contribution in [0.3, 0.4) is 0 Å². The molecule has 0 aromatic heterocycles. The highest BCUT2D eigenvalue weighted by Crippen LogP contribution is 2.18. The van der Waals surface area contributed by atoms with Crippen molar-refractivity contribution in [3.63, 3.8) is 0 Å². The number of rotatable bonds is 6. The summed E-state index contributed by atoms with van der Waals surface area (Å²) in [6.45, 7) is 7.77. The number of aliphatic hydroxyl groups excluding tert-OH is 1. The fourth-order valence-electron chi connectivity index (χ4n) is 2.94. The first-order chi connectivity index (χ1) is 9.33. The summed E-state index contributed by atoms with van der Waals surface area (Å²) < 4.78 is 0. The molecule has 0 amide bonds. The first-order valence-corrected chi connectivity index (χ1v) is 7.44. The van der Waals surface area contributed by atoms with Gasteiger partial charge in [0.25, 0.3) is 0 Å². The quantitative estimate of drug-likeness (QED) is 0.849. The van der Waals surface area contributed by atoms with Crippen LogP contribution in [0, 0.1) is 0 Å². The summed E-state index contributed by atoms with van der Waals surface area (Å²) in [4.78, 5) is 4.96. The number of likely N-dealkylation sites (tertiary alicyclic amines) is 1. The molecule has 0 atom stereocenters. The Kier molecular flexibility index (Phi) is 5.83. The molecule has 2 rings (SSSR count). The van der Waals surface area contributed by atoms with Crippen LogP contribution in [0.5, 0.6) is 0 Å². The monoisotopic (exact) mass is 262 g/mol. The summed E-state index contributed by atoms with van der Waals surface area (Å²) in [5.41, 5.74) is 1.34. The van der Waals surface area contributed by atoms with Crippen LogP contribution < -0.4 is 0 Å². The van der Waals surface area contributed by atoms with Gasteiger partial charge < -0.3 is 10.0 Å². The summed E-state index contributed by atoms with van der Waals surface area (Å²) in [7, 11) is 0. The van der Waals surface area contributed by atoms with Gasteiger partial charge in [0.2, 0.25) is 0 Å². The van der Waals surface area contributed by atoms with E-state index in [9.17, 15) is 5.11 Å². The number of hydrogen-bond acceptors (Lipinski definition) is 3. The number of hydrogen-bond donors (Lipinski definition) is 1. The van der Waals surface area contributed by atoms with Crippen LogP contribution in [0.2, 0.25) is 0 Å². The first kappa shape index (κ1) is 14.5. The van der Waals surface area contributed by atoms with E-state index in [4.69, 9.17) is 0 Å². The molecule has 1 saturated heterocycles. The van der Waals surface area contributed by atoms with Crippen molar-refractivity contribution < 1.29 is 5.11 Å². The van der Waals surface area contributed by atoms with Crippen LogP contribution in [0.4, 0.5) is 0 Å².